The molecule has 3 aromatic rings. The van der Waals surface area contributed by atoms with Crippen molar-refractivity contribution in [3.8, 4) is 10.4 Å². The minimum absolute atomic E-state index is 0.0487. The molecule has 0 saturated carbocycles. The second-order valence-corrected chi connectivity index (χ2v) is 8.48. The summed E-state index contributed by atoms with van der Waals surface area (Å²) in [4.78, 5) is 42.3. The maximum absolute atomic E-state index is 13.3. The summed E-state index contributed by atoms with van der Waals surface area (Å²) in [6, 6.07) is 14.2. The molecule has 0 unspecified atom stereocenters. The summed E-state index contributed by atoms with van der Waals surface area (Å²) in [5.41, 5.74) is 1.85. The van der Waals surface area contributed by atoms with Crippen LogP contribution in [0.5, 0.6) is 0 Å². The van der Waals surface area contributed by atoms with Gasteiger partial charge in [-0.2, -0.15) is 5.10 Å². The molecule has 1 atom stereocenters. The van der Waals surface area contributed by atoms with Crippen LogP contribution in [0.2, 0.25) is 0 Å². The second-order valence-electron chi connectivity index (χ2n) is 7.53. The maximum Gasteiger partial charge on any atom is 0.275 e. The summed E-state index contributed by atoms with van der Waals surface area (Å²) in [5.74, 6) is -0.396. The highest BCUT2D eigenvalue weighted by Gasteiger charge is 2.38. The Bertz CT molecular complexity index is 1110. The van der Waals surface area contributed by atoms with Crippen molar-refractivity contribution in [3.63, 3.8) is 0 Å². The number of aromatic amines is 1. The van der Waals surface area contributed by atoms with Crippen LogP contribution in [0, 0.1) is 0 Å². The highest BCUT2D eigenvalue weighted by Crippen LogP contribution is 2.27. The normalized spacial score (nSPS) is 16.5. The van der Waals surface area contributed by atoms with Crippen molar-refractivity contribution < 1.29 is 9.59 Å². The zero-order chi connectivity index (χ0) is 21.8. The highest BCUT2D eigenvalue weighted by atomic mass is 32.1. The number of aromatic nitrogens is 2. The third kappa shape index (κ3) is 4.59. The molecule has 0 radical (unpaired) electrons. The Balaban J connectivity index is 1.63. The molecule has 1 N–H and O–H groups in total. The van der Waals surface area contributed by atoms with E-state index in [2.05, 4.69) is 28.4 Å². The quantitative estimate of drug-likeness (QED) is 0.644. The Hall–Kier alpha value is -3.26. The molecule has 3 heterocycles. The Morgan fingerprint density at radius 1 is 1.16 bits per heavy atom. The van der Waals surface area contributed by atoms with Gasteiger partial charge >= 0.3 is 0 Å². The van der Waals surface area contributed by atoms with Gasteiger partial charge in [-0.05, 0) is 35.1 Å². The molecule has 1 aliphatic heterocycles. The van der Waals surface area contributed by atoms with Crippen LogP contribution in [0.1, 0.15) is 29.4 Å². The SMILES string of the molecule is CCCN1CCN(C(=O)c2ccc(=O)[nH]n2)[C@H](Cc2cccc(-c3cccs3)c2)C1=O. The van der Waals surface area contributed by atoms with E-state index < -0.39 is 6.04 Å². The molecule has 1 aliphatic rings. The molecular weight excluding hydrogens is 412 g/mol. The van der Waals surface area contributed by atoms with Gasteiger partial charge in [0.05, 0.1) is 0 Å². The zero-order valence-corrected chi connectivity index (χ0v) is 18.1. The lowest BCUT2D eigenvalue weighted by Gasteiger charge is -2.40. The van der Waals surface area contributed by atoms with Gasteiger partial charge < -0.3 is 9.80 Å². The van der Waals surface area contributed by atoms with Crippen molar-refractivity contribution in [1.29, 1.82) is 0 Å². The smallest absolute Gasteiger partial charge is 0.275 e. The lowest BCUT2D eigenvalue weighted by molar-refractivity contribution is -0.140. The summed E-state index contributed by atoms with van der Waals surface area (Å²) in [7, 11) is 0. The van der Waals surface area contributed by atoms with E-state index in [1.54, 1.807) is 16.2 Å². The Morgan fingerprint density at radius 3 is 2.74 bits per heavy atom. The van der Waals surface area contributed by atoms with E-state index in [1.807, 2.05) is 35.4 Å². The number of benzene rings is 1. The summed E-state index contributed by atoms with van der Waals surface area (Å²) in [5, 5.41) is 8.21. The fraction of sp³-hybridized carbons (Fsp3) is 0.304. The number of amides is 2. The topological polar surface area (TPSA) is 86.4 Å². The monoisotopic (exact) mass is 436 g/mol. The van der Waals surface area contributed by atoms with E-state index in [1.165, 1.54) is 12.1 Å². The summed E-state index contributed by atoms with van der Waals surface area (Å²) in [6.45, 7) is 3.63. The van der Waals surface area contributed by atoms with Gasteiger partial charge in [-0.3, -0.25) is 14.4 Å². The van der Waals surface area contributed by atoms with Crippen LogP contribution >= 0.6 is 11.3 Å². The van der Waals surface area contributed by atoms with Crippen LogP contribution < -0.4 is 5.56 Å². The predicted octanol–water partition coefficient (Wildman–Crippen LogP) is 2.80. The molecule has 0 aliphatic carbocycles. The van der Waals surface area contributed by atoms with Gasteiger partial charge in [0.15, 0.2) is 0 Å². The van der Waals surface area contributed by atoms with E-state index >= 15 is 0 Å². The molecule has 1 saturated heterocycles. The van der Waals surface area contributed by atoms with Crippen molar-refractivity contribution >= 4 is 23.2 Å². The first-order valence-corrected chi connectivity index (χ1v) is 11.2. The van der Waals surface area contributed by atoms with E-state index in [9.17, 15) is 14.4 Å². The van der Waals surface area contributed by atoms with E-state index in [0.717, 1.165) is 22.4 Å². The molecule has 1 fully saturated rings. The van der Waals surface area contributed by atoms with Crippen LogP contribution in [0.15, 0.2) is 58.7 Å². The van der Waals surface area contributed by atoms with Crippen molar-refractivity contribution in [1.82, 2.24) is 20.0 Å². The van der Waals surface area contributed by atoms with Crippen LogP contribution in [0.4, 0.5) is 0 Å². The van der Waals surface area contributed by atoms with Gasteiger partial charge in [0.2, 0.25) is 5.91 Å². The number of thiophene rings is 1. The van der Waals surface area contributed by atoms with E-state index in [0.29, 0.717) is 26.1 Å². The number of hydrogen-bond donors (Lipinski definition) is 1. The fourth-order valence-electron chi connectivity index (χ4n) is 3.90. The molecule has 0 bridgehead atoms. The highest BCUT2D eigenvalue weighted by molar-refractivity contribution is 7.13. The first-order chi connectivity index (χ1) is 15.1. The van der Waals surface area contributed by atoms with Crippen LogP contribution in [-0.4, -0.2) is 57.5 Å². The number of piperazine rings is 1. The Kier molecular flexibility index (Phi) is 6.27. The maximum atomic E-state index is 13.3. The summed E-state index contributed by atoms with van der Waals surface area (Å²) in [6.07, 6.45) is 1.29. The third-order valence-electron chi connectivity index (χ3n) is 5.40. The lowest BCUT2D eigenvalue weighted by atomic mass is 9.98. The largest absolute Gasteiger partial charge is 0.339 e. The average Bonchev–Trinajstić information content (AvgIpc) is 3.32. The molecule has 8 heteroatoms. The van der Waals surface area contributed by atoms with Gasteiger partial charge in [0.1, 0.15) is 11.7 Å². The van der Waals surface area contributed by atoms with Crippen LogP contribution in [0.3, 0.4) is 0 Å². The Morgan fingerprint density at radius 2 is 2.03 bits per heavy atom. The molecule has 4 rings (SSSR count). The number of nitrogens with zero attached hydrogens (tertiary/aromatic N) is 3. The third-order valence-corrected chi connectivity index (χ3v) is 6.32. The van der Waals surface area contributed by atoms with Gasteiger partial charge in [0, 0.05) is 37.0 Å². The van der Waals surface area contributed by atoms with Gasteiger partial charge in [0.25, 0.3) is 11.5 Å². The number of rotatable bonds is 6. The first-order valence-electron chi connectivity index (χ1n) is 10.3. The molecule has 7 nitrogen and oxygen atoms in total. The average molecular weight is 437 g/mol. The number of H-pyrrole nitrogens is 1. The van der Waals surface area contributed by atoms with Gasteiger partial charge in [-0.15, -0.1) is 11.3 Å². The predicted molar refractivity (Wildman–Crippen MR) is 120 cm³/mol. The Labute approximate surface area is 184 Å². The number of hydrogen-bond acceptors (Lipinski definition) is 5. The molecular formula is C23H24N4O3S. The molecule has 1 aromatic carbocycles. The number of carbonyl (C=O) groups excluding carboxylic acids is 2. The minimum Gasteiger partial charge on any atom is -0.339 e. The molecule has 2 amide bonds. The molecule has 160 valence electrons. The number of nitrogens with one attached hydrogen (secondary N) is 1. The van der Waals surface area contributed by atoms with Crippen LogP contribution in [-0.2, 0) is 11.2 Å². The number of carbonyl (C=O) groups is 2. The summed E-state index contributed by atoms with van der Waals surface area (Å²) < 4.78 is 0. The van der Waals surface area contributed by atoms with Crippen molar-refractivity contribution in [2.75, 3.05) is 19.6 Å². The molecule has 31 heavy (non-hydrogen) atoms. The fourth-order valence-corrected chi connectivity index (χ4v) is 4.62. The summed E-state index contributed by atoms with van der Waals surface area (Å²) >= 11 is 1.67. The zero-order valence-electron chi connectivity index (χ0n) is 17.3. The van der Waals surface area contributed by atoms with E-state index in [-0.39, 0.29) is 23.1 Å². The van der Waals surface area contributed by atoms with Crippen molar-refractivity contribution in [2.24, 2.45) is 0 Å². The molecule has 0 spiro atoms. The van der Waals surface area contributed by atoms with Gasteiger partial charge in [-0.25, -0.2) is 5.10 Å². The second kappa shape index (κ2) is 9.26. The van der Waals surface area contributed by atoms with Crippen LogP contribution in [0.25, 0.3) is 10.4 Å². The molecule has 2 aromatic heterocycles. The standard InChI is InChI=1S/C23H24N4O3S/c1-2-10-26-11-12-27(22(29)18-8-9-21(28)25-24-18)19(23(26)30)15-16-5-3-6-17(14-16)20-7-4-13-31-20/h3-9,13-14,19H,2,10-12,15H2,1H3,(H,25,28)/t19-/m1/s1. The lowest BCUT2D eigenvalue weighted by Crippen LogP contribution is -2.59. The first kappa shape index (κ1) is 21.0. The van der Waals surface area contributed by atoms with Crippen molar-refractivity contribution in [3.05, 3.63) is 75.5 Å². The van der Waals surface area contributed by atoms with E-state index in [4.69, 9.17) is 0 Å². The van der Waals surface area contributed by atoms with Crippen molar-refractivity contribution in [2.45, 2.75) is 25.8 Å². The minimum atomic E-state index is -0.611. The van der Waals surface area contributed by atoms with Gasteiger partial charge in [-0.1, -0.05) is 37.3 Å².